The Balaban J connectivity index is 1.90. The van der Waals surface area contributed by atoms with Crippen LogP contribution in [0.2, 0.25) is 0 Å². The zero-order valence-electron chi connectivity index (χ0n) is 12.1. The van der Waals surface area contributed by atoms with Gasteiger partial charge < -0.3 is 4.74 Å². The third-order valence-electron chi connectivity index (χ3n) is 3.67. The summed E-state index contributed by atoms with van der Waals surface area (Å²) in [5.41, 5.74) is -1.55. The first-order valence-corrected chi connectivity index (χ1v) is 8.09. The Morgan fingerprint density at radius 2 is 2.00 bits per heavy atom. The van der Waals surface area contributed by atoms with E-state index in [0.29, 0.717) is 0 Å². The van der Waals surface area contributed by atoms with Crippen molar-refractivity contribution in [1.82, 2.24) is 14.3 Å². The molecule has 0 unspecified atom stereocenters. The Labute approximate surface area is 131 Å². The average molecular weight is 341 g/mol. The summed E-state index contributed by atoms with van der Waals surface area (Å²) < 4.78 is 59.4. The van der Waals surface area contributed by atoms with Gasteiger partial charge in [0.15, 0.2) is 22.1 Å². The zero-order valence-corrected chi connectivity index (χ0v) is 12.9. The van der Waals surface area contributed by atoms with Crippen LogP contribution in [-0.4, -0.2) is 42.9 Å². The summed E-state index contributed by atoms with van der Waals surface area (Å²) in [6, 6.07) is 3.10. The normalized spacial score (nSPS) is 17.5. The highest BCUT2D eigenvalue weighted by molar-refractivity contribution is 7.89. The molecule has 0 spiro atoms. The first-order valence-electron chi connectivity index (χ1n) is 6.65. The molecule has 2 aromatic heterocycles. The molecule has 2 aromatic rings. The quantitative estimate of drug-likeness (QED) is 0.843. The summed E-state index contributed by atoms with van der Waals surface area (Å²) in [6.07, 6.45) is 4.72. The van der Waals surface area contributed by atoms with Crippen LogP contribution in [0.4, 0.5) is 8.78 Å². The molecule has 0 N–H and O–H groups in total. The number of methoxy groups -OCH3 is 1. The lowest BCUT2D eigenvalue weighted by atomic mass is 9.91. The van der Waals surface area contributed by atoms with Crippen LogP contribution in [0.5, 0.6) is 5.75 Å². The standard InChI is InChI=1S/C14H13F2N3O3S/c1-22-12-7-18-6-11(15)13(12)23(20,21)19-8-14(16,9-19)10-3-2-4-17-5-10/h2-7H,8-9H2,1H3. The summed E-state index contributed by atoms with van der Waals surface area (Å²) in [5.74, 6) is -1.26. The van der Waals surface area contributed by atoms with Gasteiger partial charge in [-0.1, -0.05) is 6.07 Å². The van der Waals surface area contributed by atoms with Crippen LogP contribution in [0.25, 0.3) is 0 Å². The Morgan fingerprint density at radius 1 is 1.26 bits per heavy atom. The minimum absolute atomic E-state index is 0.220. The van der Waals surface area contributed by atoms with Gasteiger partial charge in [-0.05, 0) is 6.07 Å². The van der Waals surface area contributed by atoms with Gasteiger partial charge in [0.05, 0.1) is 32.6 Å². The minimum Gasteiger partial charge on any atom is -0.494 e. The van der Waals surface area contributed by atoms with Crippen LogP contribution in [0, 0.1) is 5.82 Å². The van der Waals surface area contributed by atoms with Crippen LogP contribution < -0.4 is 4.74 Å². The fourth-order valence-electron chi connectivity index (χ4n) is 2.42. The number of ether oxygens (including phenoxy) is 1. The molecule has 1 aliphatic rings. The van der Waals surface area contributed by atoms with Gasteiger partial charge in [0.2, 0.25) is 10.0 Å². The van der Waals surface area contributed by atoms with Gasteiger partial charge in [0.1, 0.15) is 0 Å². The Hall–Kier alpha value is -2.13. The van der Waals surface area contributed by atoms with Crippen LogP contribution in [-0.2, 0) is 15.7 Å². The van der Waals surface area contributed by atoms with E-state index in [4.69, 9.17) is 4.74 Å². The van der Waals surface area contributed by atoms with Gasteiger partial charge in [-0.25, -0.2) is 17.2 Å². The Bertz CT molecular complexity index is 824. The largest absolute Gasteiger partial charge is 0.494 e. The Kier molecular flexibility index (Phi) is 3.77. The second-order valence-corrected chi connectivity index (χ2v) is 7.01. The maximum atomic E-state index is 14.7. The van der Waals surface area contributed by atoms with Crippen LogP contribution >= 0.6 is 0 Å². The van der Waals surface area contributed by atoms with Gasteiger partial charge in [0.25, 0.3) is 0 Å². The van der Waals surface area contributed by atoms with E-state index in [2.05, 4.69) is 9.97 Å². The van der Waals surface area contributed by atoms with Crippen molar-refractivity contribution in [3.05, 3.63) is 48.3 Å². The minimum atomic E-state index is -4.22. The second-order valence-electron chi connectivity index (χ2n) is 5.13. The van der Waals surface area contributed by atoms with Gasteiger partial charge in [0, 0.05) is 18.0 Å². The van der Waals surface area contributed by atoms with E-state index in [9.17, 15) is 17.2 Å². The molecule has 3 rings (SSSR count). The Morgan fingerprint density at radius 3 is 2.61 bits per heavy atom. The molecule has 0 radical (unpaired) electrons. The fourth-order valence-corrected chi connectivity index (χ4v) is 4.12. The van der Waals surface area contributed by atoms with Crippen LogP contribution in [0.1, 0.15) is 5.56 Å². The van der Waals surface area contributed by atoms with E-state index in [1.807, 2.05) is 0 Å². The first-order chi connectivity index (χ1) is 10.9. The third kappa shape index (κ3) is 2.55. The number of alkyl halides is 1. The monoisotopic (exact) mass is 341 g/mol. The van der Waals surface area contributed by atoms with Crippen LogP contribution in [0.15, 0.2) is 41.8 Å². The van der Waals surface area contributed by atoms with Crippen molar-refractivity contribution in [3.8, 4) is 5.75 Å². The van der Waals surface area contributed by atoms with E-state index in [0.717, 1.165) is 16.7 Å². The van der Waals surface area contributed by atoms with Gasteiger partial charge >= 0.3 is 0 Å². The van der Waals surface area contributed by atoms with Gasteiger partial charge in [-0.15, -0.1) is 0 Å². The molecule has 0 saturated carbocycles. The molecule has 0 aliphatic carbocycles. The molecular formula is C14H13F2N3O3S. The van der Waals surface area contributed by atoms with Crippen molar-refractivity contribution in [2.24, 2.45) is 0 Å². The van der Waals surface area contributed by atoms with Crippen molar-refractivity contribution in [2.45, 2.75) is 10.6 Å². The second kappa shape index (κ2) is 5.50. The smallest absolute Gasteiger partial charge is 0.250 e. The molecule has 0 bridgehead atoms. The first kappa shape index (κ1) is 15.8. The molecule has 0 aromatic carbocycles. The van der Waals surface area contributed by atoms with Crippen molar-refractivity contribution in [3.63, 3.8) is 0 Å². The maximum absolute atomic E-state index is 14.7. The molecule has 6 nitrogen and oxygen atoms in total. The average Bonchev–Trinajstić information content (AvgIpc) is 2.52. The van der Waals surface area contributed by atoms with Gasteiger partial charge in [-0.2, -0.15) is 4.31 Å². The molecule has 122 valence electrons. The molecule has 3 heterocycles. The summed E-state index contributed by atoms with van der Waals surface area (Å²) in [5, 5.41) is 0. The number of rotatable bonds is 4. The predicted molar refractivity (Wildman–Crippen MR) is 76.5 cm³/mol. The number of pyridine rings is 2. The summed E-state index contributed by atoms with van der Waals surface area (Å²) >= 11 is 0. The number of halogens is 2. The number of hydrogen-bond acceptors (Lipinski definition) is 5. The SMILES string of the molecule is COc1cncc(F)c1S(=O)(=O)N1CC(F)(c2cccnc2)C1. The lowest BCUT2D eigenvalue weighted by Gasteiger charge is -2.43. The molecule has 0 amide bonds. The molecular weight excluding hydrogens is 328 g/mol. The highest BCUT2D eigenvalue weighted by Crippen LogP contribution is 2.40. The van der Waals surface area contributed by atoms with Crippen molar-refractivity contribution < 1.29 is 21.9 Å². The highest BCUT2D eigenvalue weighted by atomic mass is 32.2. The lowest BCUT2D eigenvalue weighted by Crippen LogP contribution is -2.58. The zero-order chi connectivity index (χ0) is 16.7. The van der Waals surface area contributed by atoms with Crippen molar-refractivity contribution >= 4 is 10.0 Å². The highest BCUT2D eigenvalue weighted by Gasteiger charge is 2.51. The van der Waals surface area contributed by atoms with Crippen LogP contribution in [0.3, 0.4) is 0 Å². The van der Waals surface area contributed by atoms with E-state index in [1.165, 1.54) is 25.6 Å². The molecule has 0 atom stereocenters. The lowest BCUT2D eigenvalue weighted by molar-refractivity contribution is 0.0174. The van der Waals surface area contributed by atoms with Crippen molar-refractivity contribution in [1.29, 1.82) is 0 Å². The van der Waals surface area contributed by atoms with E-state index in [1.54, 1.807) is 6.07 Å². The maximum Gasteiger partial charge on any atom is 0.250 e. The number of aromatic nitrogens is 2. The van der Waals surface area contributed by atoms with E-state index in [-0.39, 0.29) is 11.3 Å². The van der Waals surface area contributed by atoms with Crippen molar-refractivity contribution in [2.75, 3.05) is 20.2 Å². The fraction of sp³-hybridized carbons (Fsp3) is 0.286. The van der Waals surface area contributed by atoms with E-state index < -0.39 is 39.5 Å². The predicted octanol–water partition coefficient (Wildman–Crippen LogP) is 1.49. The molecule has 1 aliphatic heterocycles. The molecule has 1 fully saturated rings. The number of nitrogens with zero attached hydrogens (tertiary/aromatic N) is 3. The molecule has 9 heteroatoms. The third-order valence-corrected chi connectivity index (χ3v) is 5.52. The molecule has 1 saturated heterocycles. The topological polar surface area (TPSA) is 72.4 Å². The summed E-state index contributed by atoms with van der Waals surface area (Å²) in [7, 11) is -3.01. The summed E-state index contributed by atoms with van der Waals surface area (Å²) in [4.78, 5) is 6.73. The summed E-state index contributed by atoms with van der Waals surface area (Å²) in [6.45, 7) is -0.822. The van der Waals surface area contributed by atoms with Gasteiger partial charge in [-0.3, -0.25) is 9.97 Å². The molecule has 23 heavy (non-hydrogen) atoms. The number of hydrogen-bond donors (Lipinski definition) is 0. The van der Waals surface area contributed by atoms with E-state index >= 15 is 0 Å². The number of sulfonamides is 1.